The van der Waals surface area contributed by atoms with E-state index in [1.54, 1.807) is 63.3 Å². The van der Waals surface area contributed by atoms with E-state index in [2.05, 4.69) is 15.6 Å². The highest BCUT2D eigenvalue weighted by atomic mass is 19.4. The average molecular weight is 637 g/mol. The summed E-state index contributed by atoms with van der Waals surface area (Å²) < 4.78 is 57.7. The van der Waals surface area contributed by atoms with E-state index in [0.29, 0.717) is 35.3 Å². The molecule has 1 unspecified atom stereocenters. The first-order valence-electron chi connectivity index (χ1n) is 14.4. The molecule has 240 valence electrons. The topological polar surface area (TPSA) is 99.6 Å². The highest BCUT2D eigenvalue weighted by Gasteiger charge is 2.33. The van der Waals surface area contributed by atoms with Crippen LogP contribution in [0.3, 0.4) is 0 Å². The second-order valence-corrected chi connectivity index (χ2v) is 11.2. The maximum atomic E-state index is 14.2. The fourth-order valence-electron chi connectivity index (χ4n) is 5.29. The first-order chi connectivity index (χ1) is 21.8. The molecule has 1 atom stereocenters. The van der Waals surface area contributed by atoms with E-state index in [1.807, 2.05) is 0 Å². The molecule has 2 N–H and O–H groups in total. The lowest BCUT2D eigenvalue weighted by Gasteiger charge is -2.23. The number of likely N-dealkylation sites (N-methyl/N-ethyl adjacent to an activating group) is 1. The Kier molecular flexibility index (Phi) is 8.97. The van der Waals surface area contributed by atoms with E-state index >= 15 is 0 Å². The maximum absolute atomic E-state index is 14.2. The molecule has 2 amide bonds. The number of benzene rings is 3. The van der Waals surface area contributed by atoms with Gasteiger partial charge in [0.05, 0.1) is 30.0 Å². The third-order valence-electron chi connectivity index (χ3n) is 7.83. The van der Waals surface area contributed by atoms with Crippen molar-refractivity contribution in [2.24, 2.45) is 0 Å². The lowest BCUT2D eigenvalue weighted by molar-refractivity contribution is -0.137. The third-order valence-corrected chi connectivity index (χ3v) is 7.83. The van der Waals surface area contributed by atoms with E-state index in [9.17, 15) is 31.9 Å². The minimum Gasteiger partial charge on any atom is -0.345 e. The van der Waals surface area contributed by atoms with Gasteiger partial charge in [0, 0.05) is 43.1 Å². The van der Waals surface area contributed by atoms with Crippen LogP contribution in [-0.2, 0) is 23.9 Å². The number of hydrogen-bond donors (Lipinski definition) is 2. The summed E-state index contributed by atoms with van der Waals surface area (Å²) in [4.78, 5) is 46.5. The molecule has 0 radical (unpaired) electrons. The van der Waals surface area contributed by atoms with Crippen LogP contribution in [-0.4, -0.2) is 60.0 Å². The van der Waals surface area contributed by atoms with Gasteiger partial charge in [0.25, 0.3) is 11.5 Å². The molecule has 1 aliphatic heterocycles. The van der Waals surface area contributed by atoms with Gasteiger partial charge in [-0.1, -0.05) is 12.1 Å². The molecule has 0 saturated heterocycles. The summed E-state index contributed by atoms with van der Waals surface area (Å²) in [6.07, 6.45) is -2.92. The monoisotopic (exact) mass is 636 g/mol. The van der Waals surface area contributed by atoms with Crippen molar-refractivity contribution in [3.05, 3.63) is 105 Å². The van der Waals surface area contributed by atoms with Crippen LogP contribution in [0.4, 0.5) is 34.8 Å². The van der Waals surface area contributed by atoms with Gasteiger partial charge in [-0.25, -0.2) is 9.37 Å². The van der Waals surface area contributed by atoms with E-state index in [0.717, 1.165) is 12.1 Å². The van der Waals surface area contributed by atoms with Gasteiger partial charge in [-0.2, -0.15) is 13.2 Å². The number of amides is 2. The summed E-state index contributed by atoms with van der Waals surface area (Å²) in [6, 6.07) is 13.5. The van der Waals surface area contributed by atoms with Crippen LogP contribution in [0.15, 0.2) is 71.7 Å². The number of anilines is 3. The van der Waals surface area contributed by atoms with Gasteiger partial charge in [0.1, 0.15) is 5.82 Å². The molecule has 0 fully saturated rings. The molecule has 0 saturated carbocycles. The van der Waals surface area contributed by atoms with Crippen LogP contribution in [0.2, 0.25) is 0 Å². The minimum atomic E-state index is -4.70. The summed E-state index contributed by atoms with van der Waals surface area (Å²) in [6.45, 7) is 1.60. The molecule has 4 aromatic rings. The van der Waals surface area contributed by atoms with Crippen LogP contribution >= 0.6 is 0 Å². The van der Waals surface area contributed by atoms with Crippen molar-refractivity contribution in [1.29, 1.82) is 0 Å². The van der Waals surface area contributed by atoms with Gasteiger partial charge >= 0.3 is 6.18 Å². The Labute approximate surface area is 262 Å². The number of hydrogen-bond acceptors (Lipinski definition) is 6. The lowest BCUT2D eigenvalue weighted by Crippen LogP contribution is -2.38. The molecule has 5 rings (SSSR count). The number of nitrogens with zero attached hydrogens (tertiary/aromatic N) is 4. The normalized spacial score (nSPS) is 13.3. The van der Waals surface area contributed by atoms with Crippen molar-refractivity contribution in [2.75, 3.05) is 37.9 Å². The molecule has 0 spiro atoms. The zero-order valence-corrected chi connectivity index (χ0v) is 25.6. The van der Waals surface area contributed by atoms with Crippen LogP contribution in [0.25, 0.3) is 11.3 Å². The SMILES string of the molecule is CNC(C)C(=O)Nc1ncc(-c2cccc(C(=O)N(C)C)c2)n(Cc2cc(N3CCc4cc(F)ccc43)cc(C(F)(F)F)c2)c1=O. The van der Waals surface area contributed by atoms with Crippen LogP contribution in [0.5, 0.6) is 0 Å². The first kappa shape index (κ1) is 32.4. The smallest absolute Gasteiger partial charge is 0.345 e. The summed E-state index contributed by atoms with van der Waals surface area (Å²) in [5.74, 6) is -1.56. The Morgan fingerprint density at radius 2 is 1.83 bits per heavy atom. The molecule has 1 aromatic heterocycles. The summed E-state index contributed by atoms with van der Waals surface area (Å²) in [7, 11) is 4.76. The number of carbonyl (C=O) groups excluding carboxylic acids is 2. The van der Waals surface area contributed by atoms with E-state index < -0.39 is 35.1 Å². The molecular formula is C33H32F4N6O3. The quantitative estimate of drug-likeness (QED) is 0.263. The summed E-state index contributed by atoms with van der Waals surface area (Å²) in [5, 5.41) is 5.26. The zero-order chi connectivity index (χ0) is 33.3. The minimum absolute atomic E-state index is 0.149. The number of carbonyl (C=O) groups is 2. The number of halogens is 4. The van der Waals surface area contributed by atoms with Gasteiger partial charge in [-0.05, 0) is 80.1 Å². The van der Waals surface area contributed by atoms with E-state index in [4.69, 9.17) is 0 Å². The Morgan fingerprint density at radius 1 is 1.07 bits per heavy atom. The van der Waals surface area contributed by atoms with Gasteiger partial charge in [0.2, 0.25) is 5.91 Å². The predicted octanol–water partition coefficient (Wildman–Crippen LogP) is 5.06. The van der Waals surface area contributed by atoms with Crippen molar-refractivity contribution in [3.63, 3.8) is 0 Å². The Balaban J connectivity index is 1.65. The fraction of sp³-hybridized carbons (Fsp3) is 0.273. The Hall–Kier alpha value is -5.04. The molecule has 1 aliphatic rings. The van der Waals surface area contributed by atoms with Crippen LogP contribution < -0.4 is 21.1 Å². The van der Waals surface area contributed by atoms with Gasteiger partial charge in [-0.15, -0.1) is 0 Å². The molecule has 2 heterocycles. The van der Waals surface area contributed by atoms with Crippen molar-refractivity contribution in [3.8, 4) is 11.3 Å². The van der Waals surface area contributed by atoms with E-state index in [-0.39, 0.29) is 35.2 Å². The van der Waals surface area contributed by atoms with E-state index in [1.165, 1.54) is 33.9 Å². The number of fused-ring (bicyclic) bond motifs is 1. The summed E-state index contributed by atoms with van der Waals surface area (Å²) in [5.41, 5.74) is 0.945. The zero-order valence-electron chi connectivity index (χ0n) is 25.6. The molecule has 3 aromatic carbocycles. The van der Waals surface area contributed by atoms with Crippen molar-refractivity contribution >= 4 is 29.0 Å². The first-order valence-corrected chi connectivity index (χ1v) is 14.4. The van der Waals surface area contributed by atoms with Gasteiger partial charge < -0.3 is 20.4 Å². The lowest BCUT2D eigenvalue weighted by atomic mass is 10.1. The fourth-order valence-corrected chi connectivity index (χ4v) is 5.29. The largest absolute Gasteiger partial charge is 0.416 e. The highest BCUT2D eigenvalue weighted by Crippen LogP contribution is 2.39. The molecule has 9 nitrogen and oxygen atoms in total. The Morgan fingerprint density at radius 3 is 2.52 bits per heavy atom. The number of rotatable bonds is 8. The van der Waals surface area contributed by atoms with Crippen molar-refractivity contribution in [2.45, 2.75) is 32.1 Å². The average Bonchev–Trinajstić information content (AvgIpc) is 3.44. The number of alkyl halides is 3. The molecule has 0 bridgehead atoms. The maximum Gasteiger partial charge on any atom is 0.416 e. The number of nitrogens with one attached hydrogen (secondary N) is 2. The molecule has 46 heavy (non-hydrogen) atoms. The number of aromatic nitrogens is 2. The molecule has 13 heteroatoms. The van der Waals surface area contributed by atoms with Crippen LogP contribution in [0.1, 0.15) is 34.0 Å². The summed E-state index contributed by atoms with van der Waals surface area (Å²) >= 11 is 0. The standard InChI is InChI=1S/C33H32F4N6O3/c1-19(38-2)30(44)40-29-32(46)43(28(17-39-29)21-6-5-7-23(14-21)31(45)41(3)4)18-20-12-24(33(35,36)37)16-26(13-20)42-11-10-22-15-25(34)8-9-27(22)42/h5-9,12-17,19,38H,10-11,18H2,1-4H3,(H,39,40,44). The van der Waals surface area contributed by atoms with Crippen molar-refractivity contribution < 1.29 is 27.2 Å². The van der Waals surface area contributed by atoms with Crippen LogP contribution in [0, 0.1) is 5.82 Å². The highest BCUT2D eigenvalue weighted by molar-refractivity contribution is 5.95. The van der Waals surface area contributed by atoms with Gasteiger partial charge in [-0.3, -0.25) is 19.0 Å². The second kappa shape index (κ2) is 12.8. The van der Waals surface area contributed by atoms with Crippen molar-refractivity contribution in [1.82, 2.24) is 19.8 Å². The third kappa shape index (κ3) is 6.64. The van der Waals surface area contributed by atoms with Gasteiger partial charge in [0.15, 0.2) is 5.82 Å². The Bertz CT molecular complexity index is 1870. The second-order valence-electron chi connectivity index (χ2n) is 11.2. The molecule has 0 aliphatic carbocycles. The predicted molar refractivity (Wildman–Crippen MR) is 167 cm³/mol. The molecular weight excluding hydrogens is 604 g/mol.